The van der Waals surface area contributed by atoms with Crippen molar-refractivity contribution in [2.24, 2.45) is 0 Å². The third-order valence-electron chi connectivity index (χ3n) is 4.51. The van der Waals surface area contributed by atoms with Crippen LogP contribution >= 0.6 is 11.3 Å². The molecule has 8 heteroatoms. The van der Waals surface area contributed by atoms with Gasteiger partial charge in [-0.3, -0.25) is 0 Å². The van der Waals surface area contributed by atoms with Crippen molar-refractivity contribution in [3.63, 3.8) is 0 Å². The first-order valence-corrected chi connectivity index (χ1v) is 11.5. The summed E-state index contributed by atoms with van der Waals surface area (Å²) in [6, 6.07) is 10.2. The number of benzene rings is 1. The number of rotatable bonds is 7. The van der Waals surface area contributed by atoms with Crippen LogP contribution in [0.4, 0.5) is 0 Å². The van der Waals surface area contributed by atoms with Crippen molar-refractivity contribution in [1.29, 1.82) is 0 Å². The minimum Gasteiger partial charge on any atom is -0.493 e. The average molecular weight is 422 g/mol. The summed E-state index contributed by atoms with van der Waals surface area (Å²) in [5, 5.41) is 9.71. The van der Waals surface area contributed by atoms with E-state index in [-0.39, 0.29) is 9.78 Å². The summed E-state index contributed by atoms with van der Waals surface area (Å²) >= 11 is 0.989. The first-order valence-electron chi connectivity index (χ1n) is 9.20. The molecule has 1 aromatic carbocycles. The summed E-state index contributed by atoms with van der Waals surface area (Å²) in [6.45, 7) is 3.35. The molecule has 1 N–H and O–H groups in total. The highest BCUT2D eigenvalue weighted by atomic mass is 32.2. The second-order valence-corrected chi connectivity index (χ2v) is 9.67. The molecule has 0 saturated carbocycles. The number of para-hydroxylation sites is 1. The molecule has 0 bridgehead atoms. The molecule has 1 aliphatic rings. The predicted octanol–water partition coefficient (Wildman–Crippen LogP) is 3.95. The zero-order valence-electron chi connectivity index (χ0n) is 15.6. The van der Waals surface area contributed by atoms with Crippen molar-refractivity contribution in [1.82, 2.24) is 4.31 Å². The van der Waals surface area contributed by atoms with E-state index in [0.29, 0.717) is 35.9 Å². The number of sulfonamides is 1. The smallest absolute Gasteiger partial charge is 0.337 e. The van der Waals surface area contributed by atoms with Crippen LogP contribution in [0, 0.1) is 0 Å². The highest BCUT2D eigenvalue weighted by Crippen LogP contribution is 2.33. The molecule has 0 spiro atoms. The van der Waals surface area contributed by atoms with Crippen LogP contribution in [0.5, 0.6) is 5.75 Å². The number of carboxylic acid groups (broad SMARTS) is 1. The molecule has 6 nitrogen and oxygen atoms in total. The number of hydrogen-bond donors (Lipinski definition) is 1. The summed E-state index contributed by atoms with van der Waals surface area (Å²) in [4.78, 5) is 12.3. The second-order valence-electron chi connectivity index (χ2n) is 6.42. The van der Waals surface area contributed by atoms with Crippen LogP contribution in [0.1, 0.15) is 36.6 Å². The molecule has 1 fully saturated rings. The van der Waals surface area contributed by atoms with Gasteiger partial charge in [0.2, 0.25) is 0 Å². The summed E-state index contributed by atoms with van der Waals surface area (Å²) < 4.78 is 32.9. The van der Waals surface area contributed by atoms with Gasteiger partial charge in [0, 0.05) is 23.5 Å². The Morgan fingerprint density at radius 1 is 1.18 bits per heavy atom. The first-order chi connectivity index (χ1) is 13.4. The highest BCUT2D eigenvalue weighted by Gasteiger charge is 2.28. The molecule has 2 heterocycles. The zero-order chi connectivity index (χ0) is 20.1. The van der Waals surface area contributed by atoms with E-state index in [4.69, 9.17) is 4.74 Å². The second kappa shape index (κ2) is 8.89. The van der Waals surface area contributed by atoms with Crippen LogP contribution in [0.25, 0.3) is 11.6 Å². The monoisotopic (exact) mass is 421 g/mol. The number of carbonyl (C=O) groups is 1. The van der Waals surface area contributed by atoms with Crippen LogP contribution in [0.15, 0.2) is 40.6 Å². The largest absolute Gasteiger partial charge is 0.493 e. The zero-order valence-corrected chi connectivity index (χ0v) is 17.3. The van der Waals surface area contributed by atoms with E-state index in [1.807, 2.05) is 13.0 Å². The maximum atomic E-state index is 12.8. The van der Waals surface area contributed by atoms with E-state index < -0.39 is 16.0 Å². The number of hydrogen-bond acceptors (Lipinski definition) is 5. The lowest BCUT2D eigenvalue weighted by atomic mass is 10.1. The van der Waals surface area contributed by atoms with Crippen molar-refractivity contribution in [2.75, 3.05) is 19.7 Å². The minimum absolute atomic E-state index is 0.0391. The summed E-state index contributed by atoms with van der Waals surface area (Å²) in [6.07, 6.45) is 4.27. The minimum atomic E-state index is -3.58. The Hall–Kier alpha value is -2.16. The van der Waals surface area contributed by atoms with Crippen molar-refractivity contribution in [3.8, 4) is 5.75 Å². The molecule has 150 valence electrons. The van der Waals surface area contributed by atoms with Gasteiger partial charge >= 0.3 is 5.97 Å². The molecule has 0 unspecified atom stereocenters. The maximum Gasteiger partial charge on any atom is 0.337 e. The van der Waals surface area contributed by atoms with Gasteiger partial charge in [-0.1, -0.05) is 24.6 Å². The van der Waals surface area contributed by atoms with Crippen LogP contribution in [-0.4, -0.2) is 43.5 Å². The topological polar surface area (TPSA) is 83.9 Å². The molecule has 0 aliphatic carbocycles. The number of aliphatic carboxylic acids is 1. The Morgan fingerprint density at radius 2 is 1.89 bits per heavy atom. The fraction of sp³-hybridized carbons (Fsp3) is 0.350. The van der Waals surface area contributed by atoms with Crippen molar-refractivity contribution >= 4 is 39.0 Å². The molecule has 1 aliphatic heterocycles. The third kappa shape index (κ3) is 4.45. The Bertz CT molecular complexity index is 972. The standard InChI is InChI=1S/C20H23NO5S2/c1-2-26-17-9-5-4-8-15(17)14-16(20(22)23)18-10-11-19(27-18)28(24,25)21-12-6-3-7-13-21/h4-5,8-11,14H,2-3,6-7,12-13H2,1H3,(H,22,23). The summed E-state index contributed by atoms with van der Waals surface area (Å²) in [7, 11) is -3.58. The van der Waals surface area contributed by atoms with Crippen LogP contribution < -0.4 is 4.74 Å². The maximum absolute atomic E-state index is 12.8. The number of piperidine rings is 1. The van der Waals surface area contributed by atoms with E-state index >= 15 is 0 Å². The number of ether oxygens (including phenoxy) is 1. The Kier molecular flexibility index (Phi) is 6.53. The van der Waals surface area contributed by atoms with Gasteiger partial charge in [-0.05, 0) is 44.0 Å². The SMILES string of the molecule is CCOc1ccccc1C=C(C(=O)O)c1ccc(S(=O)(=O)N2CCCCC2)s1. The van der Waals surface area contributed by atoms with Gasteiger partial charge in [-0.2, -0.15) is 4.31 Å². The van der Waals surface area contributed by atoms with Crippen LogP contribution in [-0.2, 0) is 14.8 Å². The number of carboxylic acids is 1. The predicted molar refractivity (Wildman–Crippen MR) is 110 cm³/mol. The highest BCUT2D eigenvalue weighted by molar-refractivity contribution is 7.91. The van der Waals surface area contributed by atoms with Gasteiger partial charge in [0.25, 0.3) is 10.0 Å². The van der Waals surface area contributed by atoms with Crippen LogP contribution in [0.2, 0.25) is 0 Å². The molecule has 0 amide bonds. The normalized spacial score (nSPS) is 16.1. The van der Waals surface area contributed by atoms with E-state index in [1.54, 1.807) is 24.3 Å². The van der Waals surface area contributed by atoms with E-state index in [0.717, 1.165) is 30.6 Å². The van der Waals surface area contributed by atoms with Gasteiger partial charge in [-0.15, -0.1) is 11.3 Å². The van der Waals surface area contributed by atoms with Gasteiger partial charge in [0.15, 0.2) is 0 Å². The Labute approximate surface area is 169 Å². The van der Waals surface area contributed by atoms with Gasteiger partial charge in [0.05, 0.1) is 12.2 Å². The van der Waals surface area contributed by atoms with Gasteiger partial charge in [0.1, 0.15) is 9.96 Å². The number of nitrogens with zero attached hydrogens (tertiary/aromatic N) is 1. The lowest BCUT2D eigenvalue weighted by molar-refractivity contribution is -0.130. The van der Waals surface area contributed by atoms with E-state index in [1.165, 1.54) is 16.4 Å². The van der Waals surface area contributed by atoms with E-state index in [9.17, 15) is 18.3 Å². The Balaban J connectivity index is 1.96. The van der Waals surface area contributed by atoms with Crippen LogP contribution in [0.3, 0.4) is 0 Å². The molecule has 2 aromatic rings. The van der Waals surface area contributed by atoms with Gasteiger partial charge < -0.3 is 9.84 Å². The average Bonchev–Trinajstić information content (AvgIpc) is 3.18. The number of thiophene rings is 1. The molecule has 1 aromatic heterocycles. The Morgan fingerprint density at radius 3 is 2.57 bits per heavy atom. The molecule has 3 rings (SSSR count). The summed E-state index contributed by atoms with van der Waals surface area (Å²) in [5.74, 6) is -0.531. The lowest BCUT2D eigenvalue weighted by Crippen LogP contribution is -2.35. The molecule has 28 heavy (non-hydrogen) atoms. The van der Waals surface area contributed by atoms with E-state index in [2.05, 4.69) is 0 Å². The fourth-order valence-corrected chi connectivity index (χ4v) is 6.10. The quantitative estimate of drug-likeness (QED) is 0.685. The first kappa shape index (κ1) is 20.6. The van der Waals surface area contributed by atoms with Crippen molar-refractivity contribution in [3.05, 3.63) is 46.8 Å². The van der Waals surface area contributed by atoms with Crippen molar-refractivity contribution in [2.45, 2.75) is 30.4 Å². The molecular weight excluding hydrogens is 398 g/mol. The molecule has 1 saturated heterocycles. The molecule has 0 radical (unpaired) electrons. The third-order valence-corrected chi connectivity index (χ3v) is 7.99. The molecule has 0 atom stereocenters. The lowest BCUT2D eigenvalue weighted by Gasteiger charge is -2.25. The summed E-state index contributed by atoms with van der Waals surface area (Å²) in [5.41, 5.74) is 0.674. The molecular formula is C20H23NO5S2. The van der Waals surface area contributed by atoms with Crippen molar-refractivity contribution < 1.29 is 23.1 Å². The fourth-order valence-electron chi connectivity index (χ4n) is 3.12. The van der Waals surface area contributed by atoms with Gasteiger partial charge in [-0.25, -0.2) is 13.2 Å².